The Morgan fingerprint density at radius 1 is 1.33 bits per heavy atom. The molecule has 104 valence electrons. The van der Waals surface area contributed by atoms with Crippen molar-refractivity contribution >= 4 is 11.9 Å². The second kappa shape index (κ2) is 8.05. The van der Waals surface area contributed by atoms with Crippen LogP contribution < -0.4 is 5.32 Å². The second-order valence-electron chi connectivity index (χ2n) is 4.40. The van der Waals surface area contributed by atoms with Gasteiger partial charge in [-0.1, -0.05) is 0 Å². The minimum absolute atomic E-state index is 0.0992. The molecule has 0 aromatic rings. The first-order valence-electron chi connectivity index (χ1n) is 6.29. The van der Waals surface area contributed by atoms with E-state index in [0.29, 0.717) is 32.2 Å². The summed E-state index contributed by atoms with van der Waals surface area (Å²) in [5.41, 5.74) is 0. The Bertz CT molecular complexity index is 283. The monoisotopic (exact) mass is 258 g/mol. The van der Waals surface area contributed by atoms with Gasteiger partial charge in [0.05, 0.1) is 13.2 Å². The van der Waals surface area contributed by atoms with Gasteiger partial charge in [0.2, 0.25) is 0 Å². The van der Waals surface area contributed by atoms with Crippen LogP contribution in [0.5, 0.6) is 0 Å². The molecule has 1 aliphatic rings. The van der Waals surface area contributed by atoms with Crippen LogP contribution in [-0.2, 0) is 14.3 Å². The number of nitrogens with one attached hydrogen (secondary N) is 1. The number of rotatable bonds is 7. The van der Waals surface area contributed by atoms with Gasteiger partial charge < -0.3 is 19.7 Å². The molecule has 1 unspecified atom stereocenters. The minimum Gasteiger partial charge on any atom is -0.447 e. The number of likely N-dealkylation sites (tertiary alicyclic amines) is 1. The van der Waals surface area contributed by atoms with E-state index in [2.05, 4.69) is 5.32 Å². The normalized spacial score (nSPS) is 19.0. The summed E-state index contributed by atoms with van der Waals surface area (Å²) in [6, 6.07) is 0.365. The number of carbonyl (C=O) groups excluding carboxylic acids is 2. The van der Waals surface area contributed by atoms with Gasteiger partial charge in [0.25, 0.3) is 0 Å². The zero-order valence-corrected chi connectivity index (χ0v) is 11.1. The van der Waals surface area contributed by atoms with Crippen LogP contribution in [0.15, 0.2) is 0 Å². The third kappa shape index (κ3) is 5.46. The fourth-order valence-electron chi connectivity index (χ4n) is 1.76. The first kappa shape index (κ1) is 14.9. The van der Waals surface area contributed by atoms with Gasteiger partial charge in [-0.05, 0) is 20.4 Å². The van der Waals surface area contributed by atoms with Gasteiger partial charge in [0, 0.05) is 25.6 Å². The molecule has 1 fully saturated rings. The molecule has 0 aromatic heterocycles. The molecule has 6 nitrogen and oxygen atoms in total. The summed E-state index contributed by atoms with van der Waals surface area (Å²) in [5.74, 6) is 0.0992. The number of ether oxygens (including phenoxy) is 2. The van der Waals surface area contributed by atoms with Crippen LogP contribution in [0.1, 0.15) is 19.8 Å². The van der Waals surface area contributed by atoms with Crippen molar-refractivity contribution in [3.8, 4) is 0 Å². The van der Waals surface area contributed by atoms with Crippen LogP contribution in [0.25, 0.3) is 0 Å². The molecule has 1 aliphatic heterocycles. The third-order valence-electron chi connectivity index (χ3n) is 2.91. The lowest BCUT2D eigenvalue weighted by molar-refractivity contribution is -0.118. The molecule has 0 radical (unpaired) electrons. The Kier molecular flexibility index (Phi) is 6.67. The van der Waals surface area contributed by atoms with Crippen LogP contribution >= 0.6 is 0 Å². The van der Waals surface area contributed by atoms with Crippen LogP contribution in [-0.4, -0.2) is 62.8 Å². The molecule has 6 heteroatoms. The van der Waals surface area contributed by atoms with Gasteiger partial charge in [-0.25, -0.2) is 4.79 Å². The number of nitrogens with zero attached hydrogens (tertiary/aromatic N) is 1. The van der Waals surface area contributed by atoms with Gasteiger partial charge in [0.1, 0.15) is 12.4 Å². The molecule has 0 saturated carbocycles. The van der Waals surface area contributed by atoms with Gasteiger partial charge in [-0.15, -0.1) is 0 Å². The number of hydrogen-bond donors (Lipinski definition) is 1. The molecule has 0 spiro atoms. The lowest BCUT2D eigenvalue weighted by Gasteiger charge is -2.16. The highest BCUT2D eigenvalue weighted by atomic mass is 16.6. The van der Waals surface area contributed by atoms with Gasteiger partial charge >= 0.3 is 6.09 Å². The van der Waals surface area contributed by atoms with Gasteiger partial charge in [-0.2, -0.15) is 0 Å². The van der Waals surface area contributed by atoms with Crippen LogP contribution in [0.2, 0.25) is 0 Å². The Labute approximate surface area is 108 Å². The van der Waals surface area contributed by atoms with Crippen molar-refractivity contribution in [2.75, 3.05) is 40.0 Å². The number of ketones is 1. The average molecular weight is 258 g/mol. The van der Waals surface area contributed by atoms with E-state index < -0.39 is 0 Å². The van der Waals surface area contributed by atoms with E-state index in [9.17, 15) is 9.59 Å². The number of hydrogen-bond acceptors (Lipinski definition) is 5. The average Bonchev–Trinajstić information content (AvgIpc) is 2.81. The molecule has 1 atom stereocenters. The summed E-state index contributed by atoms with van der Waals surface area (Å²) in [6.07, 6.45) is 1.08. The van der Waals surface area contributed by atoms with Crippen molar-refractivity contribution in [2.24, 2.45) is 0 Å². The quantitative estimate of drug-likeness (QED) is 0.670. The Morgan fingerprint density at radius 2 is 2.11 bits per heavy atom. The van der Waals surface area contributed by atoms with E-state index in [1.807, 2.05) is 7.05 Å². The van der Waals surface area contributed by atoms with Gasteiger partial charge in [-0.3, -0.25) is 4.79 Å². The first-order valence-corrected chi connectivity index (χ1v) is 6.29. The smallest absolute Gasteiger partial charge is 0.409 e. The summed E-state index contributed by atoms with van der Waals surface area (Å²) in [4.78, 5) is 23.9. The molecule has 0 aromatic carbocycles. The van der Waals surface area contributed by atoms with Crippen LogP contribution in [0, 0.1) is 0 Å². The Morgan fingerprint density at radius 3 is 2.72 bits per heavy atom. The van der Waals surface area contributed by atoms with E-state index in [-0.39, 0.29) is 18.5 Å². The van der Waals surface area contributed by atoms with Crippen molar-refractivity contribution in [3.05, 3.63) is 0 Å². The number of Topliss-reactive ketones (excluding diaryl/α,β-unsaturated/α-hetero) is 1. The van der Waals surface area contributed by atoms with Crippen LogP contribution in [0.4, 0.5) is 4.79 Å². The molecular weight excluding hydrogens is 236 g/mol. The zero-order chi connectivity index (χ0) is 13.4. The Balaban J connectivity index is 2.02. The van der Waals surface area contributed by atoms with Gasteiger partial charge in [0.15, 0.2) is 0 Å². The van der Waals surface area contributed by atoms with Crippen molar-refractivity contribution < 1.29 is 19.1 Å². The van der Waals surface area contributed by atoms with Crippen molar-refractivity contribution in [1.29, 1.82) is 0 Å². The van der Waals surface area contributed by atoms with Crippen molar-refractivity contribution in [1.82, 2.24) is 10.2 Å². The summed E-state index contributed by atoms with van der Waals surface area (Å²) >= 11 is 0. The predicted molar refractivity (Wildman–Crippen MR) is 66.5 cm³/mol. The molecule has 1 N–H and O–H groups in total. The molecule has 1 heterocycles. The fraction of sp³-hybridized carbons (Fsp3) is 0.833. The highest BCUT2D eigenvalue weighted by Gasteiger charge is 2.25. The summed E-state index contributed by atoms with van der Waals surface area (Å²) in [6.45, 7) is 3.91. The van der Waals surface area contributed by atoms with E-state index in [4.69, 9.17) is 9.47 Å². The number of carbonyl (C=O) groups is 2. The summed E-state index contributed by atoms with van der Waals surface area (Å²) in [5, 5.41) is 3.14. The first-order chi connectivity index (χ1) is 8.63. The highest BCUT2D eigenvalue weighted by molar-refractivity contribution is 5.75. The predicted octanol–water partition coefficient (Wildman–Crippen LogP) is 0.412. The maximum atomic E-state index is 11.6. The van der Waals surface area contributed by atoms with E-state index in [0.717, 1.165) is 13.0 Å². The molecule has 1 amide bonds. The minimum atomic E-state index is -0.289. The molecule has 18 heavy (non-hydrogen) atoms. The molecule has 1 rings (SSSR count). The molecular formula is C12H22N2O4. The van der Waals surface area contributed by atoms with E-state index in [1.165, 1.54) is 6.92 Å². The lowest BCUT2D eigenvalue weighted by atomic mass is 10.3. The summed E-state index contributed by atoms with van der Waals surface area (Å²) < 4.78 is 10.2. The largest absolute Gasteiger partial charge is 0.447 e. The van der Waals surface area contributed by atoms with E-state index >= 15 is 0 Å². The van der Waals surface area contributed by atoms with E-state index in [1.54, 1.807) is 4.90 Å². The maximum Gasteiger partial charge on any atom is 0.409 e. The number of likely N-dealkylation sites (N-methyl/N-ethyl adjacent to an activating group) is 1. The standard InChI is InChI=1S/C12H22N2O4/c1-10(15)4-6-17-7-8-18-12(16)14-5-3-11(9-14)13-2/h11,13H,3-9H2,1-2H3. The van der Waals surface area contributed by atoms with Crippen molar-refractivity contribution in [3.63, 3.8) is 0 Å². The molecule has 0 aliphatic carbocycles. The zero-order valence-electron chi connectivity index (χ0n) is 11.1. The number of amides is 1. The Hall–Kier alpha value is -1.14. The second-order valence-corrected chi connectivity index (χ2v) is 4.40. The lowest BCUT2D eigenvalue weighted by Crippen LogP contribution is -2.34. The molecule has 0 bridgehead atoms. The fourth-order valence-corrected chi connectivity index (χ4v) is 1.76. The topological polar surface area (TPSA) is 67.9 Å². The summed E-state index contributed by atoms with van der Waals surface area (Å²) in [7, 11) is 1.89. The van der Waals surface area contributed by atoms with Crippen LogP contribution in [0.3, 0.4) is 0 Å². The molecule has 1 saturated heterocycles. The third-order valence-corrected chi connectivity index (χ3v) is 2.91. The van der Waals surface area contributed by atoms with Crippen molar-refractivity contribution in [2.45, 2.75) is 25.8 Å². The highest BCUT2D eigenvalue weighted by Crippen LogP contribution is 2.09. The maximum absolute atomic E-state index is 11.6. The SMILES string of the molecule is CNC1CCN(C(=O)OCCOCCC(C)=O)C1.